The van der Waals surface area contributed by atoms with Crippen molar-refractivity contribution in [3.05, 3.63) is 34.3 Å². The van der Waals surface area contributed by atoms with Gasteiger partial charge in [-0.2, -0.15) is 0 Å². The van der Waals surface area contributed by atoms with Crippen molar-refractivity contribution in [2.75, 3.05) is 6.61 Å². The number of halogens is 1. The standard InChI is InChI=1S/C16H24BrNO2Si/c1-16(2,3)21(4,5)19-11-14-10-15(18-20-14)12-6-8-13(17)9-7-12/h6-9,14H,10-11H2,1-5H3/t14-/m0/s1. The topological polar surface area (TPSA) is 30.8 Å². The predicted molar refractivity (Wildman–Crippen MR) is 93.3 cm³/mol. The van der Waals surface area contributed by atoms with Crippen molar-refractivity contribution in [1.29, 1.82) is 0 Å². The molecule has 0 fully saturated rings. The summed E-state index contributed by atoms with van der Waals surface area (Å²) in [7, 11) is -1.72. The zero-order chi connectivity index (χ0) is 15.7. The van der Waals surface area contributed by atoms with E-state index in [2.05, 4.69) is 67.1 Å². The van der Waals surface area contributed by atoms with E-state index in [1.54, 1.807) is 0 Å². The van der Waals surface area contributed by atoms with Crippen molar-refractivity contribution in [2.24, 2.45) is 5.16 Å². The average Bonchev–Trinajstić information content (AvgIpc) is 2.85. The lowest BCUT2D eigenvalue weighted by molar-refractivity contribution is 0.0427. The van der Waals surface area contributed by atoms with Crippen LogP contribution in [-0.2, 0) is 9.26 Å². The molecule has 0 saturated heterocycles. The minimum atomic E-state index is -1.72. The van der Waals surface area contributed by atoms with Crippen LogP contribution in [0.4, 0.5) is 0 Å². The van der Waals surface area contributed by atoms with Gasteiger partial charge in [-0.05, 0) is 35.8 Å². The minimum Gasteiger partial charge on any atom is -0.413 e. The van der Waals surface area contributed by atoms with Crippen LogP contribution in [0.25, 0.3) is 0 Å². The highest BCUT2D eigenvalue weighted by molar-refractivity contribution is 9.10. The van der Waals surface area contributed by atoms with Gasteiger partial charge in [0, 0.05) is 10.9 Å². The normalized spacial score (nSPS) is 19.3. The summed E-state index contributed by atoms with van der Waals surface area (Å²) in [6.07, 6.45) is 0.855. The molecule has 116 valence electrons. The Morgan fingerprint density at radius 1 is 1.29 bits per heavy atom. The fourth-order valence-electron chi connectivity index (χ4n) is 1.85. The van der Waals surface area contributed by atoms with E-state index in [-0.39, 0.29) is 11.1 Å². The van der Waals surface area contributed by atoms with Gasteiger partial charge in [0.15, 0.2) is 14.4 Å². The second kappa shape index (κ2) is 6.22. The molecule has 21 heavy (non-hydrogen) atoms. The first kappa shape index (κ1) is 16.7. The van der Waals surface area contributed by atoms with Gasteiger partial charge < -0.3 is 9.26 Å². The summed E-state index contributed by atoms with van der Waals surface area (Å²) in [5.41, 5.74) is 2.12. The van der Waals surface area contributed by atoms with E-state index in [1.165, 1.54) is 0 Å². The van der Waals surface area contributed by atoms with Crippen LogP contribution < -0.4 is 0 Å². The summed E-state index contributed by atoms with van der Waals surface area (Å²) >= 11 is 3.44. The van der Waals surface area contributed by atoms with E-state index in [0.717, 1.165) is 22.2 Å². The molecule has 0 N–H and O–H groups in total. The van der Waals surface area contributed by atoms with Crippen molar-refractivity contribution in [2.45, 2.75) is 51.4 Å². The molecule has 1 aromatic rings. The Morgan fingerprint density at radius 3 is 2.48 bits per heavy atom. The highest BCUT2D eigenvalue weighted by Gasteiger charge is 2.38. The molecule has 1 aliphatic heterocycles. The molecule has 0 saturated carbocycles. The summed E-state index contributed by atoms with van der Waals surface area (Å²) in [5.74, 6) is 0. The maximum Gasteiger partial charge on any atom is 0.192 e. The van der Waals surface area contributed by atoms with E-state index in [9.17, 15) is 0 Å². The van der Waals surface area contributed by atoms with Crippen molar-refractivity contribution < 1.29 is 9.26 Å². The van der Waals surface area contributed by atoms with Crippen LogP contribution in [0.15, 0.2) is 33.9 Å². The van der Waals surface area contributed by atoms with Gasteiger partial charge in [-0.25, -0.2) is 0 Å². The third-order valence-electron chi connectivity index (χ3n) is 4.35. The van der Waals surface area contributed by atoms with Crippen molar-refractivity contribution in [1.82, 2.24) is 0 Å². The largest absolute Gasteiger partial charge is 0.413 e. The molecule has 0 spiro atoms. The van der Waals surface area contributed by atoms with Gasteiger partial charge in [-0.3, -0.25) is 0 Å². The molecule has 2 rings (SSSR count). The summed E-state index contributed by atoms with van der Waals surface area (Å²) in [6.45, 7) is 11.9. The molecule has 1 atom stereocenters. The van der Waals surface area contributed by atoms with Gasteiger partial charge in [0.2, 0.25) is 0 Å². The molecule has 0 unspecified atom stereocenters. The van der Waals surface area contributed by atoms with Gasteiger partial charge in [0.1, 0.15) is 0 Å². The van der Waals surface area contributed by atoms with Crippen LogP contribution in [0.2, 0.25) is 18.1 Å². The first-order valence-electron chi connectivity index (χ1n) is 7.32. The third-order valence-corrected chi connectivity index (χ3v) is 9.38. The molecule has 5 heteroatoms. The summed E-state index contributed by atoms with van der Waals surface area (Å²) in [4.78, 5) is 5.53. The van der Waals surface area contributed by atoms with Crippen LogP contribution in [0.5, 0.6) is 0 Å². The Morgan fingerprint density at radius 2 is 1.90 bits per heavy atom. The summed E-state index contributed by atoms with van der Waals surface area (Å²) < 4.78 is 7.29. The summed E-state index contributed by atoms with van der Waals surface area (Å²) in [5, 5.41) is 4.44. The Kier molecular flexibility index (Phi) is 4.95. The number of benzene rings is 1. The number of nitrogens with zero attached hydrogens (tertiary/aromatic N) is 1. The van der Waals surface area contributed by atoms with Crippen LogP contribution in [0.1, 0.15) is 32.8 Å². The van der Waals surface area contributed by atoms with Gasteiger partial charge >= 0.3 is 0 Å². The Labute approximate surface area is 137 Å². The highest BCUT2D eigenvalue weighted by Crippen LogP contribution is 2.37. The zero-order valence-corrected chi connectivity index (χ0v) is 16.0. The molecule has 3 nitrogen and oxygen atoms in total. The molecule has 0 radical (unpaired) electrons. The summed E-state index contributed by atoms with van der Waals surface area (Å²) in [6, 6.07) is 8.17. The third kappa shape index (κ3) is 4.17. The second-order valence-electron chi connectivity index (χ2n) is 7.05. The Bertz CT molecular complexity index is 520. The van der Waals surface area contributed by atoms with Crippen molar-refractivity contribution in [3.63, 3.8) is 0 Å². The number of hydrogen-bond donors (Lipinski definition) is 0. The van der Waals surface area contributed by atoms with Crippen LogP contribution >= 0.6 is 15.9 Å². The number of hydrogen-bond acceptors (Lipinski definition) is 3. The van der Waals surface area contributed by atoms with Crippen LogP contribution in [-0.4, -0.2) is 26.7 Å². The maximum absolute atomic E-state index is 6.21. The van der Waals surface area contributed by atoms with E-state index in [1.807, 2.05) is 12.1 Å². The number of rotatable bonds is 4. The average molecular weight is 370 g/mol. The number of oxime groups is 1. The van der Waals surface area contributed by atoms with E-state index < -0.39 is 8.32 Å². The van der Waals surface area contributed by atoms with E-state index in [4.69, 9.17) is 9.26 Å². The van der Waals surface area contributed by atoms with Gasteiger partial charge in [0.05, 0.1) is 12.3 Å². The fraction of sp³-hybridized carbons (Fsp3) is 0.562. The van der Waals surface area contributed by atoms with Crippen LogP contribution in [0, 0.1) is 0 Å². The van der Waals surface area contributed by atoms with Crippen molar-refractivity contribution in [3.8, 4) is 0 Å². The molecule has 0 aromatic heterocycles. The van der Waals surface area contributed by atoms with E-state index >= 15 is 0 Å². The van der Waals surface area contributed by atoms with E-state index in [0.29, 0.717) is 6.61 Å². The van der Waals surface area contributed by atoms with Crippen molar-refractivity contribution >= 4 is 30.0 Å². The quantitative estimate of drug-likeness (QED) is 0.701. The van der Waals surface area contributed by atoms with Crippen LogP contribution in [0.3, 0.4) is 0 Å². The smallest absolute Gasteiger partial charge is 0.192 e. The Hall–Kier alpha value is -0.653. The highest BCUT2D eigenvalue weighted by atomic mass is 79.9. The lowest BCUT2D eigenvalue weighted by Gasteiger charge is -2.36. The van der Waals surface area contributed by atoms with Gasteiger partial charge in [0.25, 0.3) is 0 Å². The molecular weight excluding hydrogens is 346 g/mol. The first-order chi connectivity index (χ1) is 9.69. The fourth-order valence-corrected chi connectivity index (χ4v) is 3.15. The maximum atomic E-state index is 6.21. The lowest BCUT2D eigenvalue weighted by atomic mass is 10.1. The molecule has 1 heterocycles. The molecule has 0 bridgehead atoms. The minimum absolute atomic E-state index is 0.0396. The first-order valence-corrected chi connectivity index (χ1v) is 11.0. The van der Waals surface area contributed by atoms with Gasteiger partial charge in [-0.15, -0.1) is 0 Å². The molecule has 0 amide bonds. The van der Waals surface area contributed by atoms with Gasteiger partial charge in [-0.1, -0.05) is 54.0 Å². The molecular formula is C16H24BrNO2Si. The molecule has 1 aliphatic rings. The zero-order valence-electron chi connectivity index (χ0n) is 13.4. The molecule has 0 aliphatic carbocycles. The predicted octanol–water partition coefficient (Wildman–Crippen LogP) is 4.96. The SMILES string of the molecule is CC(C)(C)[Si](C)(C)OC[C@@H]1CC(c2ccc(Br)cc2)=NO1. The Balaban J connectivity index is 1.89. The molecule has 1 aromatic carbocycles. The second-order valence-corrected chi connectivity index (χ2v) is 12.8. The lowest BCUT2D eigenvalue weighted by Crippen LogP contribution is -2.42. The monoisotopic (exact) mass is 369 g/mol.